The summed E-state index contributed by atoms with van der Waals surface area (Å²) in [5, 5.41) is 5.23. The van der Waals surface area contributed by atoms with Crippen LogP contribution in [0.3, 0.4) is 0 Å². The lowest BCUT2D eigenvalue weighted by atomic mass is 9.72. The molecule has 0 saturated carbocycles. The number of fused-ring (bicyclic) bond motifs is 17. The van der Waals surface area contributed by atoms with Crippen LogP contribution in [-0.4, -0.2) is 0 Å². The van der Waals surface area contributed by atoms with E-state index in [0.29, 0.717) is 0 Å². The Bertz CT molecular complexity index is 2950. The van der Waals surface area contributed by atoms with Crippen molar-refractivity contribution in [2.75, 3.05) is 0 Å². The van der Waals surface area contributed by atoms with Gasteiger partial charge in [0.1, 0.15) is 0 Å². The highest BCUT2D eigenvalue weighted by Crippen LogP contribution is 2.61. The standard InChI is InChI=1S/C56H38/c1-9-21-47-35(13-1)29-31-55(47)49-23-11-7-17-41(49)43-27-25-37(33-51(43)55)53-45-19-5-3-15-39(45)40-16-4-6-20-46(40)54(53)38-26-28-44-42-18-8-12-24-50(42)56(52(44)34-38)32-30-36-14-2-10-22-48(36)56/h1-28,33-34H,29-32H2. The third-order valence-electron chi connectivity index (χ3n) is 14.3. The Morgan fingerprint density at radius 3 is 1.11 bits per heavy atom. The van der Waals surface area contributed by atoms with Gasteiger partial charge in [-0.05, 0) is 148 Å². The van der Waals surface area contributed by atoms with Crippen LogP contribution in [0.25, 0.3) is 66.1 Å². The summed E-state index contributed by atoms with van der Waals surface area (Å²) >= 11 is 0. The van der Waals surface area contributed by atoms with Crippen LogP contribution in [0.2, 0.25) is 0 Å². The summed E-state index contributed by atoms with van der Waals surface area (Å²) in [6.45, 7) is 0. The molecule has 0 aromatic heterocycles. The molecule has 0 fully saturated rings. The zero-order valence-electron chi connectivity index (χ0n) is 31.1. The van der Waals surface area contributed by atoms with Crippen molar-refractivity contribution in [2.24, 2.45) is 0 Å². The molecule has 4 aliphatic carbocycles. The van der Waals surface area contributed by atoms with E-state index >= 15 is 0 Å². The monoisotopic (exact) mass is 710 g/mol. The molecule has 56 heavy (non-hydrogen) atoms. The van der Waals surface area contributed by atoms with Gasteiger partial charge in [0, 0.05) is 10.8 Å². The zero-order chi connectivity index (χ0) is 36.6. The van der Waals surface area contributed by atoms with Crippen LogP contribution < -0.4 is 0 Å². The molecule has 0 N–H and O–H groups in total. The van der Waals surface area contributed by atoms with Crippen molar-refractivity contribution in [3.63, 3.8) is 0 Å². The van der Waals surface area contributed by atoms with Gasteiger partial charge in [0.25, 0.3) is 0 Å². The molecular formula is C56H38. The number of rotatable bonds is 2. The minimum Gasteiger partial charge on any atom is -0.0620 e. The Kier molecular flexibility index (Phi) is 6.08. The molecule has 0 radical (unpaired) electrons. The molecule has 13 rings (SSSR count). The van der Waals surface area contributed by atoms with Crippen molar-refractivity contribution in [3.8, 4) is 44.5 Å². The van der Waals surface area contributed by atoms with Crippen LogP contribution in [0.5, 0.6) is 0 Å². The van der Waals surface area contributed by atoms with E-state index in [2.05, 4.69) is 182 Å². The van der Waals surface area contributed by atoms with Crippen molar-refractivity contribution in [2.45, 2.75) is 36.5 Å². The van der Waals surface area contributed by atoms with Crippen molar-refractivity contribution < 1.29 is 0 Å². The highest BCUT2D eigenvalue weighted by atomic mass is 14.5. The predicted octanol–water partition coefficient (Wildman–Crippen LogP) is 13.8. The Labute approximate surface area is 327 Å². The normalized spacial score (nSPS) is 19.3. The maximum atomic E-state index is 2.59. The van der Waals surface area contributed by atoms with E-state index in [9.17, 15) is 0 Å². The van der Waals surface area contributed by atoms with E-state index in [-0.39, 0.29) is 10.8 Å². The molecular weight excluding hydrogens is 673 g/mol. The Balaban J connectivity index is 1.12. The summed E-state index contributed by atoms with van der Waals surface area (Å²) in [7, 11) is 0. The molecule has 2 atom stereocenters. The summed E-state index contributed by atoms with van der Waals surface area (Å²) in [5.74, 6) is 0. The number of hydrogen-bond donors (Lipinski definition) is 0. The summed E-state index contributed by atoms with van der Waals surface area (Å²) in [4.78, 5) is 0. The Morgan fingerprint density at radius 2 is 0.643 bits per heavy atom. The number of aryl methyl sites for hydroxylation is 2. The molecule has 4 aliphatic rings. The molecule has 2 unspecified atom stereocenters. The summed E-state index contributed by atoms with van der Waals surface area (Å²) in [6, 6.07) is 70.0. The number of benzene rings is 9. The van der Waals surface area contributed by atoms with Crippen molar-refractivity contribution in [1.82, 2.24) is 0 Å². The van der Waals surface area contributed by atoms with Gasteiger partial charge in [-0.15, -0.1) is 0 Å². The topological polar surface area (TPSA) is 0 Å². The summed E-state index contributed by atoms with van der Waals surface area (Å²) in [5.41, 5.74) is 22.2. The maximum absolute atomic E-state index is 2.59. The fraction of sp³-hybridized carbons (Fsp3) is 0.107. The highest BCUT2D eigenvalue weighted by Gasteiger charge is 2.49. The predicted molar refractivity (Wildman–Crippen MR) is 232 cm³/mol. The lowest BCUT2D eigenvalue weighted by molar-refractivity contribution is 0.626. The first-order chi connectivity index (χ1) is 27.8. The summed E-state index contributed by atoms with van der Waals surface area (Å²) < 4.78 is 0. The lowest BCUT2D eigenvalue weighted by Crippen LogP contribution is -2.23. The van der Waals surface area contributed by atoms with E-state index in [1.54, 1.807) is 0 Å². The molecule has 0 nitrogen and oxygen atoms in total. The molecule has 0 aliphatic heterocycles. The van der Waals surface area contributed by atoms with Gasteiger partial charge in [0.15, 0.2) is 0 Å². The van der Waals surface area contributed by atoms with Gasteiger partial charge in [-0.2, -0.15) is 0 Å². The highest BCUT2D eigenvalue weighted by molar-refractivity contribution is 6.22. The fourth-order valence-electron chi connectivity index (χ4n) is 12.1. The van der Waals surface area contributed by atoms with Crippen LogP contribution >= 0.6 is 0 Å². The summed E-state index contributed by atoms with van der Waals surface area (Å²) in [6.07, 6.45) is 4.39. The van der Waals surface area contributed by atoms with Crippen molar-refractivity contribution >= 4 is 21.5 Å². The second kappa shape index (κ2) is 11.1. The smallest absolute Gasteiger partial charge is 0.0469 e. The van der Waals surface area contributed by atoms with Gasteiger partial charge in [-0.25, -0.2) is 0 Å². The average Bonchev–Trinajstić information content (AvgIpc) is 4.01. The van der Waals surface area contributed by atoms with E-state index in [1.807, 2.05) is 0 Å². The maximum Gasteiger partial charge on any atom is 0.0469 e. The third kappa shape index (κ3) is 3.75. The van der Waals surface area contributed by atoms with Crippen LogP contribution in [0.1, 0.15) is 57.3 Å². The van der Waals surface area contributed by atoms with Crippen molar-refractivity contribution in [3.05, 3.63) is 226 Å². The minimum absolute atomic E-state index is 0.146. The third-order valence-corrected chi connectivity index (χ3v) is 14.3. The van der Waals surface area contributed by atoms with E-state index in [1.165, 1.54) is 111 Å². The quantitative estimate of drug-likeness (QED) is 0.157. The molecule has 0 amide bonds. The first kappa shape index (κ1) is 30.8. The van der Waals surface area contributed by atoms with Crippen LogP contribution in [-0.2, 0) is 23.7 Å². The first-order valence-electron chi connectivity index (χ1n) is 20.4. The lowest BCUT2D eigenvalue weighted by Gasteiger charge is -2.30. The van der Waals surface area contributed by atoms with Gasteiger partial charge in [0.2, 0.25) is 0 Å². The molecule has 2 spiro atoms. The van der Waals surface area contributed by atoms with Gasteiger partial charge in [-0.1, -0.05) is 170 Å². The molecule has 9 aromatic carbocycles. The van der Waals surface area contributed by atoms with Crippen LogP contribution in [0.4, 0.5) is 0 Å². The molecule has 0 saturated heterocycles. The fourth-order valence-corrected chi connectivity index (χ4v) is 12.1. The first-order valence-corrected chi connectivity index (χ1v) is 20.4. The second-order valence-electron chi connectivity index (χ2n) is 16.6. The van der Waals surface area contributed by atoms with Gasteiger partial charge in [-0.3, -0.25) is 0 Å². The molecule has 262 valence electrons. The molecule has 0 bridgehead atoms. The SMILES string of the molecule is c1ccc2c(c1)CCC21c2ccccc2-c2ccc(-c3c(-c4ccc5c(c4)C4(CCc6ccccc64)c4ccccc4-5)c4ccccc4c4ccccc34)cc21. The Morgan fingerprint density at radius 1 is 0.286 bits per heavy atom. The largest absolute Gasteiger partial charge is 0.0620 e. The second-order valence-corrected chi connectivity index (χ2v) is 16.6. The Hall–Kier alpha value is -6.50. The zero-order valence-corrected chi connectivity index (χ0v) is 31.1. The van der Waals surface area contributed by atoms with Crippen LogP contribution in [0.15, 0.2) is 182 Å². The van der Waals surface area contributed by atoms with Gasteiger partial charge >= 0.3 is 0 Å². The van der Waals surface area contributed by atoms with E-state index in [4.69, 9.17) is 0 Å². The van der Waals surface area contributed by atoms with Crippen LogP contribution in [0, 0.1) is 0 Å². The number of hydrogen-bond acceptors (Lipinski definition) is 0. The molecule has 0 heteroatoms. The molecule has 9 aromatic rings. The average molecular weight is 711 g/mol. The van der Waals surface area contributed by atoms with E-state index in [0.717, 1.165) is 25.7 Å². The van der Waals surface area contributed by atoms with Gasteiger partial charge in [0.05, 0.1) is 0 Å². The van der Waals surface area contributed by atoms with Crippen molar-refractivity contribution in [1.29, 1.82) is 0 Å². The minimum atomic E-state index is -0.146. The molecule has 0 heterocycles. The van der Waals surface area contributed by atoms with E-state index < -0.39 is 0 Å². The van der Waals surface area contributed by atoms with Gasteiger partial charge < -0.3 is 0 Å².